The van der Waals surface area contributed by atoms with Gasteiger partial charge in [0.05, 0.1) is 10.8 Å². The first-order valence-electron chi connectivity index (χ1n) is 10.2. The number of rotatable bonds is 6. The molecule has 1 aliphatic heterocycles. The van der Waals surface area contributed by atoms with E-state index in [1.54, 1.807) is 0 Å². The Labute approximate surface area is 165 Å². The second-order valence-corrected chi connectivity index (χ2v) is 8.95. The standard InChI is InChI=1S/C21H28N4OS/c1-3-16-8-6-7-13-25(16)20(26)14(2)27-21-23-18-10-5-4-9-17(18)19(24-21)22-15-11-12-15/h4-5,9-10,14-16H,3,6-8,11-13H2,1-2H3,(H,22,23,24)/t14-,16+/m0/s1. The molecule has 1 saturated carbocycles. The van der Waals surface area contributed by atoms with Gasteiger partial charge in [0.15, 0.2) is 5.16 Å². The van der Waals surface area contributed by atoms with Crippen molar-refractivity contribution >= 4 is 34.4 Å². The average Bonchev–Trinajstić information content (AvgIpc) is 3.51. The van der Waals surface area contributed by atoms with Gasteiger partial charge in [-0.25, -0.2) is 9.97 Å². The summed E-state index contributed by atoms with van der Waals surface area (Å²) in [4.78, 5) is 24.6. The molecule has 1 aromatic heterocycles. The Hall–Kier alpha value is -1.82. The second-order valence-electron chi connectivity index (χ2n) is 7.64. The van der Waals surface area contributed by atoms with Crippen LogP contribution in [-0.2, 0) is 4.79 Å². The minimum absolute atomic E-state index is 0.174. The highest BCUT2D eigenvalue weighted by Gasteiger charge is 2.30. The van der Waals surface area contributed by atoms with Gasteiger partial charge in [0.1, 0.15) is 5.82 Å². The summed E-state index contributed by atoms with van der Waals surface area (Å²) >= 11 is 1.48. The fourth-order valence-corrected chi connectivity index (χ4v) is 4.64. The Bertz CT molecular complexity index is 823. The number of thioether (sulfide) groups is 1. The van der Waals surface area contributed by atoms with Crippen LogP contribution in [0.1, 0.15) is 52.4 Å². The molecule has 0 radical (unpaired) electrons. The van der Waals surface area contributed by atoms with Crippen LogP contribution in [0.25, 0.3) is 10.9 Å². The van der Waals surface area contributed by atoms with Crippen molar-refractivity contribution in [3.8, 4) is 0 Å². The molecule has 1 N–H and O–H groups in total. The Morgan fingerprint density at radius 2 is 2.07 bits per heavy atom. The minimum Gasteiger partial charge on any atom is -0.367 e. The van der Waals surface area contributed by atoms with Crippen LogP contribution in [-0.4, -0.2) is 44.7 Å². The molecule has 1 aliphatic carbocycles. The van der Waals surface area contributed by atoms with Crippen LogP contribution in [0.4, 0.5) is 5.82 Å². The van der Waals surface area contributed by atoms with Crippen LogP contribution in [0.15, 0.2) is 29.4 Å². The quantitative estimate of drug-likeness (QED) is 0.588. The Morgan fingerprint density at radius 1 is 1.26 bits per heavy atom. The lowest BCUT2D eigenvalue weighted by Crippen LogP contribution is -2.46. The molecule has 0 bridgehead atoms. The van der Waals surface area contributed by atoms with Gasteiger partial charge in [0, 0.05) is 24.0 Å². The first kappa shape index (κ1) is 18.5. The lowest BCUT2D eigenvalue weighted by atomic mass is 10.00. The van der Waals surface area contributed by atoms with Crippen LogP contribution in [0.3, 0.4) is 0 Å². The summed E-state index contributed by atoms with van der Waals surface area (Å²) in [6.45, 7) is 5.05. The van der Waals surface area contributed by atoms with Gasteiger partial charge >= 0.3 is 0 Å². The fraction of sp³-hybridized carbons (Fsp3) is 0.571. The number of nitrogens with one attached hydrogen (secondary N) is 1. The summed E-state index contributed by atoms with van der Waals surface area (Å²) < 4.78 is 0. The van der Waals surface area contributed by atoms with Crippen molar-refractivity contribution in [2.45, 2.75) is 74.9 Å². The molecule has 2 heterocycles. The van der Waals surface area contributed by atoms with E-state index in [1.165, 1.54) is 31.0 Å². The molecule has 2 fully saturated rings. The van der Waals surface area contributed by atoms with Crippen LogP contribution in [0.5, 0.6) is 0 Å². The zero-order chi connectivity index (χ0) is 18.8. The summed E-state index contributed by atoms with van der Waals surface area (Å²) in [6, 6.07) is 9.01. The van der Waals surface area contributed by atoms with Gasteiger partial charge in [-0.2, -0.15) is 0 Å². The molecule has 144 valence electrons. The molecule has 2 atom stereocenters. The van der Waals surface area contributed by atoms with Crippen molar-refractivity contribution in [1.29, 1.82) is 0 Å². The topological polar surface area (TPSA) is 58.1 Å². The average molecular weight is 385 g/mol. The SMILES string of the molecule is CC[C@@H]1CCCCN1C(=O)[C@H](C)Sc1nc(NC2CC2)c2ccccc2n1. The third-order valence-corrected chi connectivity index (χ3v) is 6.46. The second kappa shape index (κ2) is 8.05. The summed E-state index contributed by atoms with van der Waals surface area (Å²) in [7, 11) is 0. The number of amides is 1. The number of para-hydroxylation sites is 1. The smallest absolute Gasteiger partial charge is 0.236 e. The normalized spacial score (nSPS) is 21.3. The summed E-state index contributed by atoms with van der Waals surface area (Å²) in [5.74, 6) is 1.12. The zero-order valence-corrected chi connectivity index (χ0v) is 17.0. The molecule has 0 spiro atoms. The van der Waals surface area contributed by atoms with Crippen molar-refractivity contribution < 1.29 is 4.79 Å². The number of carbonyl (C=O) groups is 1. The Morgan fingerprint density at radius 3 is 2.85 bits per heavy atom. The first-order valence-corrected chi connectivity index (χ1v) is 11.0. The third kappa shape index (κ3) is 4.21. The molecular weight excluding hydrogens is 356 g/mol. The van der Waals surface area contributed by atoms with Gasteiger partial charge in [0.25, 0.3) is 0 Å². The summed E-state index contributed by atoms with van der Waals surface area (Å²) in [5, 5.41) is 5.08. The number of hydrogen-bond donors (Lipinski definition) is 1. The fourth-order valence-electron chi connectivity index (χ4n) is 3.80. The van der Waals surface area contributed by atoms with Gasteiger partial charge < -0.3 is 10.2 Å². The van der Waals surface area contributed by atoms with Crippen LogP contribution in [0.2, 0.25) is 0 Å². The van der Waals surface area contributed by atoms with Crippen molar-refractivity contribution in [3.63, 3.8) is 0 Å². The monoisotopic (exact) mass is 384 g/mol. The van der Waals surface area contributed by atoms with Gasteiger partial charge in [0.2, 0.25) is 5.91 Å². The van der Waals surface area contributed by atoms with E-state index in [4.69, 9.17) is 9.97 Å². The van der Waals surface area contributed by atoms with Crippen LogP contribution < -0.4 is 5.32 Å². The van der Waals surface area contributed by atoms with E-state index in [1.807, 2.05) is 25.1 Å². The number of aromatic nitrogens is 2. The Balaban J connectivity index is 1.54. The highest BCUT2D eigenvalue weighted by Crippen LogP contribution is 2.32. The van der Waals surface area contributed by atoms with E-state index in [9.17, 15) is 4.79 Å². The van der Waals surface area contributed by atoms with E-state index in [-0.39, 0.29) is 11.2 Å². The number of nitrogens with zero attached hydrogens (tertiary/aromatic N) is 3. The molecule has 1 saturated heterocycles. The van der Waals surface area contributed by atoms with Crippen molar-refractivity contribution in [2.75, 3.05) is 11.9 Å². The third-order valence-electron chi connectivity index (χ3n) is 5.51. The largest absolute Gasteiger partial charge is 0.367 e. The van der Waals surface area contributed by atoms with Gasteiger partial charge in [-0.3, -0.25) is 4.79 Å². The predicted octanol–water partition coefficient (Wildman–Crippen LogP) is 4.48. The van der Waals surface area contributed by atoms with Crippen molar-refractivity contribution in [3.05, 3.63) is 24.3 Å². The van der Waals surface area contributed by atoms with Gasteiger partial charge in [-0.15, -0.1) is 0 Å². The number of piperidine rings is 1. The van der Waals surface area contributed by atoms with Gasteiger partial charge in [-0.1, -0.05) is 30.8 Å². The highest BCUT2D eigenvalue weighted by molar-refractivity contribution is 8.00. The summed E-state index contributed by atoms with van der Waals surface area (Å²) in [5.41, 5.74) is 0.933. The maximum atomic E-state index is 13.0. The number of likely N-dealkylation sites (tertiary alicyclic amines) is 1. The molecule has 0 unspecified atom stereocenters. The minimum atomic E-state index is -0.174. The molecule has 5 nitrogen and oxygen atoms in total. The van der Waals surface area contributed by atoms with E-state index in [2.05, 4.69) is 23.2 Å². The molecule has 1 amide bonds. The predicted molar refractivity (Wildman–Crippen MR) is 111 cm³/mol. The summed E-state index contributed by atoms with van der Waals surface area (Å²) in [6.07, 6.45) is 6.90. The molecule has 2 aliphatic rings. The maximum Gasteiger partial charge on any atom is 0.236 e. The van der Waals surface area contributed by atoms with E-state index >= 15 is 0 Å². The number of hydrogen-bond acceptors (Lipinski definition) is 5. The molecule has 2 aromatic rings. The molecular formula is C21H28N4OS. The molecule has 4 rings (SSSR count). The van der Waals surface area contributed by atoms with Crippen molar-refractivity contribution in [2.24, 2.45) is 0 Å². The zero-order valence-electron chi connectivity index (χ0n) is 16.1. The highest BCUT2D eigenvalue weighted by atomic mass is 32.2. The lowest BCUT2D eigenvalue weighted by molar-refractivity contribution is -0.134. The van der Waals surface area contributed by atoms with Crippen LogP contribution in [0, 0.1) is 0 Å². The molecule has 1 aromatic carbocycles. The van der Waals surface area contributed by atoms with Crippen molar-refractivity contribution in [1.82, 2.24) is 14.9 Å². The lowest BCUT2D eigenvalue weighted by Gasteiger charge is -2.36. The van der Waals surface area contributed by atoms with Crippen LogP contribution >= 0.6 is 11.8 Å². The molecule has 6 heteroatoms. The maximum absolute atomic E-state index is 13.0. The first-order chi connectivity index (χ1) is 13.2. The molecule has 27 heavy (non-hydrogen) atoms. The van der Waals surface area contributed by atoms with E-state index < -0.39 is 0 Å². The number of fused-ring (bicyclic) bond motifs is 1. The van der Waals surface area contributed by atoms with Gasteiger partial charge in [-0.05, 0) is 57.6 Å². The number of carbonyl (C=O) groups excluding carboxylic acids is 1. The van der Waals surface area contributed by atoms with E-state index in [0.717, 1.165) is 42.5 Å². The Kier molecular flexibility index (Phi) is 5.53. The number of benzene rings is 1. The van der Waals surface area contributed by atoms with E-state index in [0.29, 0.717) is 17.2 Å². The number of anilines is 1.